The highest BCUT2D eigenvalue weighted by Gasteiger charge is 2.31. The lowest BCUT2D eigenvalue weighted by molar-refractivity contribution is -0.137. The van der Waals surface area contributed by atoms with Crippen LogP contribution in [0.3, 0.4) is 0 Å². The Kier molecular flexibility index (Phi) is 4.98. The van der Waals surface area contributed by atoms with Gasteiger partial charge in [-0.2, -0.15) is 13.2 Å². The van der Waals surface area contributed by atoms with Crippen molar-refractivity contribution in [2.24, 2.45) is 0 Å². The van der Waals surface area contributed by atoms with Gasteiger partial charge in [0.25, 0.3) is 11.5 Å². The first kappa shape index (κ1) is 18.2. The molecule has 0 atom stereocenters. The van der Waals surface area contributed by atoms with Crippen LogP contribution in [0.1, 0.15) is 15.9 Å². The number of nitrogens with one attached hydrogen (secondary N) is 2. The third-order valence-electron chi connectivity index (χ3n) is 3.57. The maximum Gasteiger partial charge on any atom is 0.417 e. The van der Waals surface area contributed by atoms with Gasteiger partial charge in [-0.25, -0.2) is 0 Å². The van der Waals surface area contributed by atoms with Crippen LogP contribution in [0, 0.1) is 0 Å². The molecular formula is C19H13F3N2O3. The standard InChI is InChI=1S/C19H13F3N2O3/c20-19(21,22)13-10-16(18(26)23-11-13)24-17(25)12-6-8-15(9-7-12)27-14-4-2-1-3-5-14/h1-11H,(H,23,26)(H,24,25). The normalized spacial score (nSPS) is 11.1. The number of carbonyl (C=O) groups is 1. The van der Waals surface area contributed by atoms with E-state index in [-0.39, 0.29) is 5.56 Å². The summed E-state index contributed by atoms with van der Waals surface area (Å²) in [6.07, 6.45) is -4.09. The molecule has 1 heterocycles. The number of aromatic amines is 1. The first-order valence-corrected chi connectivity index (χ1v) is 7.77. The summed E-state index contributed by atoms with van der Waals surface area (Å²) in [4.78, 5) is 25.8. The van der Waals surface area contributed by atoms with Gasteiger partial charge in [0.05, 0.1) is 5.56 Å². The molecule has 0 bridgehead atoms. The van der Waals surface area contributed by atoms with Crippen molar-refractivity contribution in [1.82, 2.24) is 4.98 Å². The second-order valence-electron chi connectivity index (χ2n) is 5.52. The Morgan fingerprint density at radius 2 is 1.59 bits per heavy atom. The second-order valence-corrected chi connectivity index (χ2v) is 5.52. The number of alkyl halides is 3. The number of aromatic nitrogens is 1. The molecule has 1 aromatic heterocycles. The maximum atomic E-state index is 12.7. The number of H-pyrrole nitrogens is 1. The van der Waals surface area contributed by atoms with Crippen molar-refractivity contribution < 1.29 is 22.7 Å². The lowest BCUT2D eigenvalue weighted by Gasteiger charge is -2.10. The molecule has 138 valence electrons. The predicted molar refractivity (Wildman–Crippen MR) is 93.0 cm³/mol. The van der Waals surface area contributed by atoms with Crippen LogP contribution >= 0.6 is 0 Å². The number of hydrogen-bond acceptors (Lipinski definition) is 3. The van der Waals surface area contributed by atoms with Crippen LogP contribution in [0.2, 0.25) is 0 Å². The zero-order chi connectivity index (χ0) is 19.4. The fraction of sp³-hybridized carbons (Fsp3) is 0.0526. The highest BCUT2D eigenvalue weighted by atomic mass is 19.4. The van der Waals surface area contributed by atoms with Crippen molar-refractivity contribution in [3.8, 4) is 11.5 Å². The Morgan fingerprint density at radius 3 is 2.22 bits per heavy atom. The minimum atomic E-state index is -4.64. The zero-order valence-corrected chi connectivity index (χ0v) is 13.7. The zero-order valence-electron chi connectivity index (χ0n) is 13.7. The molecule has 0 aliphatic carbocycles. The topological polar surface area (TPSA) is 71.2 Å². The molecule has 0 aliphatic heterocycles. The number of para-hydroxylation sites is 1. The van der Waals surface area contributed by atoms with Gasteiger partial charge in [0.2, 0.25) is 0 Å². The Hall–Kier alpha value is -3.55. The number of benzene rings is 2. The van der Waals surface area contributed by atoms with Crippen molar-refractivity contribution in [3.63, 3.8) is 0 Å². The van der Waals surface area contributed by atoms with E-state index in [0.717, 1.165) is 0 Å². The first-order valence-electron chi connectivity index (χ1n) is 7.77. The van der Waals surface area contributed by atoms with E-state index in [1.165, 1.54) is 24.3 Å². The molecule has 0 unspecified atom stereocenters. The number of carbonyl (C=O) groups excluding carboxylic acids is 1. The fourth-order valence-corrected chi connectivity index (χ4v) is 2.23. The van der Waals surface area contributed by atoms with Crippen LogP contribution < -0.4 is 15.6 Å². The summed E-state index contributed by atoms with van der Waals surface area (Å²) in [7, 11) is 0. The van der Waals surface area contributed by atoms with Crippen molar-refractivity contribution in [2.75, 3.05) is 5.32 Å². The van der Waals surface area contributed by atoms with E-state index in [1.807, 2.05) is 23.2 Å². The highest BCUT2D eigenvalue weighted by Crippen LogP contribution is 2.29. The highest BCUT2D eigenvalue weighted by molar-refractivity contribution is 6.04. The molecule has 0 spiro atoms. The van der Waals surface area contributed by atoms with Crippen molar-refractivity contribution in [3.05, 3.63) is 88.3 Å². The molecule has 0 radical (unpaired) electrons. The molecule has 2 aromatic carbocycles. The third kappa shape index (κ3) is 4.55. The van der Waals surface area contributed by atoms with Gasteiger partial charge in [-0.05, 0) is 42.5 Å². The summed E-state index contributed by atoms with van der Waals surface area (Å²) in [6, 6.07) is 15.5. The summed E-state index contributed by atoms with van der Waals surface area (Å²) >= 11 is 0. The molecule has 0 saturated carbocycles. The smallest absolute Gasteiger partial charge is 0.417 e. The van der Waals surface area contributed by atoms with Crippen LogP contribution in [-0.2, 0) is 6.18 Å². The number of pyridine rings is 1. The molecule has 3 aromatic rings. The summed E-state index contributed by atoms with van der Waals surface area (Å²) in [5.74, 6) is 0.381. The van der Waals surface area contributed by atoms with Gasteiger partial charge in [-0.3, -0.25) is 9.59 Å². The van der Waals surface area contributed by atoms with Gasteiger partial charge in [-0.15, -0.1) is 0 Å². The molecule has 3 rings (SSSR count). The number of halogens is 3. The summed E-state index contributed by atoms with van der Waals surface area (Å²) in [6.45, 7) is 0. The molecule has 0 saturated heterocycles. The maximum absolute atomic E-state index is 12.7. The number of amides is 1. The lowest BCUT2D eigenvalue weighted by Crippen LogP contribution is -2.21. The van der Waals surface area contributed by atoms with E-state index in [1.54, 1.807) is 12.1 Å². The summed E-state index contributed by atoms with van der Waals surface area (Å²) < 4.78 is 43.8. The van der Waals surface area contributed by atoms with E-state index < -0.39 is 28.9 Å². The number of hydrogen-bond donors (Lipinski definition) is 2. The van der Waals surface area contributed by atoms with Crippen molar-refractivity contribution in [1.29, 1.82) is 0 Å². The van der Waals surface area contributed by atoms with E-state index in [0.29, 0.717) is 23.8 Å². The van der Waals surface area contributed by atoms with Crippen LogP contribution in [-0.4, -0.2) is 10.9 Å². The third-order valence-corrected chi connectivity index (χ3v) is 3.57. The summed E-state index contributed by atoms with van der Waals surface area (Å²) in [5, 5.41) is 2.18. The SMILES string of the molecule is O=C(Nc1cc(C(F)(F)F)c[nH]c1=O)c1ccc(Oc2ccccc2)cc1. The monoisotopic (exact) mass is 374 g/mol. The van der Waals surface area contributed by atoms with Crippen LogP contribution in [0.4, 0.5) is 18.9 Å². The molecule has 2 N–H and O–H groups in total. The van der Waals surface area contributed by atoms with E-state index in [2.05, 4.69) is 5.32 Å². The average molecular weight is 374 g/mol. The van der Waals surface area contributed by atoms with Gasteiger partial charge in [0.15, 0.2) is 0 Å². The Morgan fingerprint density at radius 1 is 0.963 bits per heavy atom. The van der Waals surface area contributed by atoms with Gasteiger partial charge in [0, 0.05) is 11.8 Å². The minimum Gasteiger partial charge on any atom is -0.457 e. The molecule has 1 amide bonds. The molecule has 0 aliphatic rings. The van der Waals surface area contributed by atoms with Crippen molar-refractivity contribution in [2.45, 2.75) is 6.18 Å². The fourth-order valence-electron chi connectivity index (χ4n) is 2.23. The first-order chi connectivity index (χ1) is 12.8. The molecular weight excluding hydrogens is 361 g/mol. The minimum absolute atomic E-state index is 0.159. The molecule has 27 heavy (non-hydrogen) atoms. The average Bonchev–Trinajstić information content (AvgIpc) is 2.64. The van der Waals surface area contributed by atoms with Gasteiger partial charge >= 0.3 is 6.18 Å². The number of anilines is 1. The Labute approximate surface area is 151 Å². The van der Waals surface area contributed by atoms with E-state index >= 15 is 0 Å². The lowest BCUT2D eigenvalue weighted by atomic mass is 10.2. The molecule has 5 nitrogen and oxygen atoms in total. The van der Waals surface area contributed by atoms with E-state index in [9.17, 15) is 22.8 Å². The second kappa shape index (κ2) is 7.36. The number of ether oxygens (including phenoxy) is 1. The predicted octanol–water partition coefficient (Wildman–Crippen LogP) is 4.44. The van der Waals surface area contributed by atoms with Crippen LogP contribution in [0.25, 0.3) is 0 Å². The van der Waals surface area contributed by atoms with Crippen LogP contribution in [0.15, 0.2) is 71.7 Å². The largest absolute Gasteiger partial charge is 0.457 e. The number of rotatable bonds is 4. The van der Waals surface area contributed by atoms with Gasteiger partial charge < -0.3 is 15.0 Å². The summed E-state index contributed by atoms with van der Waals surface area (Å²) in [5.41, 5.74) is -2.23. The quantitative estimate of drug-likeness (QED) is 0.709. The van der Waals surface area contributed by atoms with Crippen LogP contribution in [0.5, 0.6) is 11.5 Å². The van der Waals surface area contributed by atoms with E-state index in [4.69, 9.17) is 4.74 Å². The Bertz CT molecular complexity index is 997. The van der Waals surface area contributed by atoms with Crippen molar-refractivity contribution >= 4 is 11.6 Å². The van der Waals surface area contributed by atoms with Gasteiger partial charge in [0.1, 0.15) is 17.2 Å². The molecule has 0 fully saturated rings. The molecule has 8 heteroatoms. The Balaban J connectivity index is 1.74. The van der Waals surface area contributed by atoms with Gasteiger partial charge in [-0.1, -0.05) is 18.2 Å².